The first-order valence-electron chi connectivity index (χ1n) is 4.45. The molecule has 2 unspecified atom stereocenters. The lowest BCUT2D eigenvalue weighted by Crippen LogP contribution is -2.52. The molecule has 0 radical (unpaired) electrons. The van der Waals surface area contributed by atoms with Crippen molar-refractivity contribution >= 4 is 5.78 Å². The molecule has 0 aromatic heterocycles. The van der Waals surface area contributed by atoms with Gasteiger partial charge in [-0.1, -0.05) is 12.2 Å². The van der Waals surface area contributed by atoms with Crippen LogP contribution in [0.15, 0.2) is 12.2 Å². The summed E-state index contributed by atoms with van der Waals surface area (Å²) in [4.78, 5) is 11.4. The average molecular weight is 184 g/mol. The number of ketones is 1. The topological polar surface area (TPSA) is 57.5 Å². The Morgan fingerprint density at radius 2 is 2.23 bits per heavy atom. The van der Waals surface area contributed by atoms with Crippen molar-refractivity contribution in [3.8, 4) is 0 Å². The van der Waals surface area contributed by atoms with Gasteiger partial charge in [-0.25, -0.2) is 0 Å². The number of rotatable bonds is 1. The van der Waals surface area contributed by atoms with Crippen molar-refractivity contribution < 1.29 is 15.0 Å². The van der Waals surface area contributed by atoms with E-state index in [0.29, 0.717) is 12.8 Å². The molecule has 0 heterocycles. The molecule has 3 atom stereocenters. The van der Waals surface area contributed by atoms with Gasteiger partial charge in [-0.2, -0.15) is 0 Å². The molecule has 0 saturated heterocycles. The molecular weight excluding hydrogens is 168 g/mol. The summed E-state index contributed by atoms with van der Waals surface area (Å²) in [6.07, 6.45) is -0.247. The number of carbonyl (C=O) groups is 1. The van der Waals surface area contributed by atoms with Crippen LogP contribution in [0.2, 0.25) is 0 Å². The second-order valence-electron chi connectivity index (χ2n) is 4.07. The van der Waals surface area contributed by atoms with Gasteiger partial charge in [-0.05, 0) is 26.2 Å². The maximum absolute atomic E-state index is 11.4. The third-order valence-electron chi connectivity index (χ3n) is 2.85. The molecule has 1 aliphatic carbocycles. The van der Waals surface area contributed by atoms with Gasteiger partial charge in [-0.15, -0.1) is 0 Å². The second kappa shape index (κ2) is 3.24. The van der Waals surface area contributed by atoms with Gasteiger partial charge in [-0.3, -0.25) is 4.79 Å². The summed E-state index contributed by atoms with van der Waals surface area (Å²) < 4.78 is 0. The molecule has 0 aromatic carbocycles. The normalized spacial score (nSPS) is 40.5. The van der Waals surface area contributed by atoms with Crippen LogP contribution in [0.1, 0.15) is 26.7 Å². The van der Waals surface area contributed by atoms with Crippen molar-refractivity contribution in [3.05, 3.63) is 12.2 Å². The average Bonchev–Trinajstić information content (AvgIpc) is 2.00. The maximum Gasteiger partial charge on any atom is 0.167 e. The molecule has 3 heteroatoms. The first-order valence-corrected chi connectivity index (χ1v) is 4.45. The lowest BCUT2D eigenvalue weighted by atomic mass is 9.74. The minimum atomic E-state index is -1.56. The summed E-state index contributed by atoms with van der Waals surface area (Å²) in [5.41, 5.74) is -0.672. The molecule has 74 valence electrons. The van der Waals surface area contributed by atoms with E-state index in [-0.39, 0.29) is 11.7 Å². The Kier molecular flexibility index (Phi) is 2.59. The third-order valence-corrected chi connectivity index (χ3v) is 2.85. The summed E-state index contributed by atoms with van der Waals surface area (Å²) in [5.74, 6) is -0.276. The van der Waals surface area contributed by atoms with E-state index in [9.17, 15) is 15.0 Å². The Labute approximate surface area is 78.1 Å². The van der Waals surface area contributed by atoms with E-state index in [4.69, 9.17) is 0 Å². The van der Waals surface area contributed by atoms with Crippen molar-refractivity contribution in [3.63, 3.8) is 0 Å². The molecule has 0 amide bonds. The predicted octanol–water partition coefficient (Wildman–Crippen LogP) is 0.653. The van der Waals surface area contributed by atoms with Crippen molar-refractivity contribution in [2.75, 3.05) is 0 Å². The van der Waals surface area contributed by atoms with Gasteiger partial charge < -0.3 is 10.2 Å². The molecule has 13 heavy (non-hydrogen) atoms. The lowest BCUT2D eigenvalue weighted by Gasteiger charge is -2.36. The van der Waals surface area contributed by atoms with Crippen molar-refractivity contribution in [2.24, 2.45) is 5.92 Å². The zero-order valence-corrected chi connectivity index (χ0v) is 8.08. The molecule has 0 bridgehead atoms. The molecular formula is C10H16O3. The smallest absolute Gasteiger partial charge is 0.167 e. The SMILES string of the molecule is C=C(C)[C@@H]1CC(=O)C(C)(O)C(O)C1. The number of aliphatic hydroxyl groups is 2. The number of allylic oxidation sites excluding steroid dienone is 1. The molecule has 1 fully saturated rings. The number of carbonyl (C=O) groups excluding carboxylic acids is 1. The lowest BCUT2D eigenvalue weighted by molar-refractivity contribution is -0.155. The molecule has 0 aliphatic heterocycles. The summed E-state index contributed by atoms with van der Waals surface area (Å²) in [6, 6.07) is 0. The first kappa shape index (κ1) is 10.4. The van der Waals surface area contributed by atoms with Gasteiger partial charge in [0.1, 0.15) is 5.60 Å². The zero-order valence-electron chi connectivity index (χ0n) is 8.08. The highest BCUT2D eigenvalue weighted by molar-refractivity contribution is 5.88. The summed E-state index contributed by atoms with van der Waals surface area (Å²) in [5, 5.41) is 19.1. The number of Topliss-reactive ketones (excluding diaryl/α,β-unsaturated/α-hetero) is 1. The van der Waals surface area contributed by atoms with Crippen LogP contribution in [0.5, 0.6) is 0 Å². The van der Waals surface area contributed by atoms with Gasteiger partial charge in [0, 0.05) is 6.42 Å². The van der Waals surface area contributed by atoms with Crippen LogP contribution < -0.4 is 0 Å². The van der Waals surface area contributed by atoms with Crippen LogP contribution in [0.25, 0.3) is 0 Å². The minimum Gasteiger partial charge on any atom is -0.390 e. The molecule has 2 N–H and O–H groups in total. The van der Waals surface area contributed by atoms with E-state index in [0.717, 1.165) is 5.57 Å². The van der Waals surface area contributed by atoms with Gasteiger partial charge in [0.05, 0.1) is 6.10 Å². The highest BCUT2D eigenvalue weighted by Crippen LogP contribution is 2.32. The Morgan fingerprint density at radius 3 is 2.62 bits per heavy atom. The highest BCUT2D eigenvalue weighted by atomic mass is 16.3. The number of hydrogen-bond donors (Lipinski definition) is 2. The maximum atomic E-state index is 11.4. The van der Waals surface area contributed by atoms with Gasteiger partial charge in [0.2, 0.25) is 0 Å². The Hall–Kier alpha value is -0.670. The van der Waals surface area contributed by atoms with Crippen LogP contribution in [0, 0.1) is 5.92 Å². The zero-order chi connectivity index (χ0) is 10.2. The van der Waals surface area contributed by atoms with E-state index in [2.05, 4.69) is 6.58 Å². The summed E-state index contributed by atoms with van der Waals surface area (Å²) in [6.45, 7) is 6.96. The van der Waals surface area contributed by atoms with Crippen LogP contribution in [0.4, 0.5) is 0 Å². The van der Waals surface area contributed by atoms with Gasteiger partial charge in [0.15, 0.2) is 5.78 Å². The molecule has 1 aliphatic rings. The number of aliphatic hydroxyl groups excluding tert-OH is 1. The van der Waals surface area contributed by atoms with Crippen LogP contribution in [-0.2, 0) is 4.79 Å². The molecule has 0 spiro atoms. The fourth-order valence-corrected chi connectivity index (χ4v) is 1.57. The minimum absolute atomic E-state index is 0.0164. The third kappa shape index (κ3) is 1.81. The number of hydrogen-bond acceptors (Lipinski definition) is 3. The standard InChI is InChI=1S/C10H16O3/c1-6(2)7-4-8(11)10(3,13)9(12)5-7/h7-8,11,13H,1,4-5H2,2-3H3/t7-,8?,10?/m0/s1. The van der Waals surface area contributed by atoms with E-state index in [1.807, 2.05) is 6.92 Å². The first-order chi connectivity index (χ1) is 5.85. The van der Waals surface area contributed by atoms with Crippen molar-refractivity contribution in [2.45, 2.75) is 38.4 Å². The quantitative estimate of drug-likeness (QED) is 0.588. The molecule has 1 saturated carbocycles. The van der Waals surface area contributed by atoms with E-state index in [1.54, 1.807) is 0 Å². The Bertz CT molecular complexity index is 243. The molecule has 1 rings (SSSR count). The van der Waals surface area contributed by atoms with Crippen LogP contribution >= 0.6 is 0 Å². The van der Waals surface area contributed by atoms with Crippen molar-refractivity contribution in [1.29, 1.82) is 0 Å². The van der Waals surface area contributed by atoms with Crippen LogP contribution in [-0.4, -0.2) is 27.7 Å². The van der Waals surface area contributed by atoms with E-state index in [1.165, 1.54) is 6.92 Å². The summed E-state index contributed by atoms with van der Waals surface area (Å²) >= 11 is 0. The Morgan fingerprint density at radius 1 is 1.69 bits per heavy atom. The van der Waals surface area contributed by atoms with Crippen LogP contribution in [0.3, 0.4) is 0 Å². The summed E-state index contributed by atoms with van der Waals surface area (Å²) in [7, 11) is 0. The monoisotopic (exact) mass is 184 g/mol. The van der Waals surface area contributed by atoms with Gasteiger partial charge in [0.25, 0.3) is 0 Å². The fourth-order valence-electron chi connectivity index (χ4n) is 1.57. The van der Waals surface area contributed by atoms with Gasteiger partial charge >= 0.3 is 0 Å². The molecule has 3 nitrogen and oxygen atoms in total. The molecule has 0 aromatic rings. The second-order valence-corrected chi connectivity index (χ2v) is 4.07. The van der Waals surface area contributed by atoms with E-state index >= 15 is 0 Å². The predicted molar refractivity (Wildman–Crippen MR) is 49.2 cm³/mol. The van der Waals surface area contributed by atoms with Crippen molar-refractivity contribution in [1.82, 2.24) is 0 Å². The Balaban J connectivity index is 2.79. The fraction of sp³-hybridized carbons (Fsp3) is 0.700. The van der Waals surface area contributed by atoms with E-state index < -0.39 is 11.7 Å². The highest BCUT2D eigenvalue weighted by Gasteiger charge is 2.44. The largest absolute Gasteiger partial charge is 0.390 e.